The fourth-order valence-electron chi connectivity index (χ4n) is 2.59. The molecule has 8 heteroatoms. The predicted molar refractivity (Wildman–Crippen MR) is 109 cm³/mol. The molecule has 3 aromatic rings. The first kappa shape index (κ1) is 19.8. The Bertz CT molecular complexity index is 998. The number of tetrazole rings is 1. The molecule has 0 saturated heterocycles. The fraction of sp³-hybridized carbons (Fsp3) is 0.250. The zero-order chi connectivity index (χ0) is 20.1. The van der Waals surface area contributed by atoms with Crippen molar-refractivity contribution in [3.63, 3.8) is 0 Å². The molecule has 7 nitrogen and oxygen atoms in total. The lowest BCUT2D eigenvalue weighted by molar-refractivity contribution is -0.115. The van der Waals surface area contributed by atoms with Crippen molar-refractivity contribution in [3.05, 3.63) is 59.2 Å². The van der Waals surface area contributed by atoms with E-state index in [0.29, 0.717) is 22.8 Å². The van der Waals surface area contributed by atoms with Gasteiger partial charge in [0, 0.05) is 17.7 Å². The summed E-state index contributed by atoms with van der Waals surface area (Å²) in [5, 5.41) is 15.2. The molecule has 1 heterocycles. The Morgan fingerprint density at radius 3 is 2.57 bits per heavy atom. The molecular weight excluding hydrogens is 374 g/mol. The number of hydrogen-bond donors (Lipinski definition) is 1. The van der Waals surface area contributed by atoms with Crippen LogP contribution in [0.15, 0.2) is 47.6 Å². The predicted octanol–water partition coefficient (Wildman–Crippen LogP) is 3.60. The highest BCUT2D eigenvalue weighted by Crippen LogP contribution is 2.23. The van der Waals surface area contributed by atoms with Crippen LogP contribution in [0.3, 0.4) is 0 Å². The lowest BCUT2D eigenvalue weighted by Crippen LogP contribution is -2.10. The van der Waals surface area contributed by atoms with Crippen molar-refractivity contribution in [1.29, 1.82) is 0 Å². The van der Waals surface area contributed by atoms with E-state index >= 15 is 0 Å². The molecule has 0 spiro atoms. The van der Waals surface area contributed by atoms with Crippen LogP contribution in [0.4, 0.5) is 5.69 Å². The highest BCUT2D eigenvalue weighted by Gasteiger charge is 2.14. The monoisotopic (exact) mass is 395 g/mol. The normalized spacial score (nSPS) is 10.7. The molecule has 0 aliphatic carbocycles. The third-order valence-corrected chi connectivity index (χ3v) is 5.31. The fourth-order valence-corrected chi connectivity index (χ4v) is 3.37. The average Bonchev–Trinajstić information content (AvgIpc) is 3.17. The van der Waals surface area contributed by atoms with Gasteiger partial charge in [-0.05, 0) is 65.7 Å². The summed E-state index contributed by atoms with van der Waals surface area (Å²) in [6.45, 7) is 5.84. The molecule has 0 aliphatic heterocycles. The molecule has 0 unspecified atom stereocenters. The Balaban J connectivity index is 1.68. The number of rotatable bonds is 7. The minimum Gasteiger partial charge on any atom is -0.326 e. The van der Waals surface area contributed by atoms with Crippen LogP contribution in [0.5, 0.6) is 0 Å². The van der Waals surface area contributed by atoms with Gasteiger partial charge in [-0.2, -0.15) is 4.68 Å². The largest absolute Gasteiger partial charge is 0.326 e. The van der Waals surface area contributed by atoms with Gasteiger partial charge >= 0.3 is 0 Å². The van der Waals surface area contributed by atoms with Gasteiger partial charge in [0.15, 0.2) is 5.78 Å². The summed E-state index contributed by atoms with van der Waals surface area (Å²) < 4.78 is 1.66. The minimum atomic E-state index is -0.0621. The van der Waals surface area contributed by atoms with E-state index in [-0.39, 0.29) is 17.4 Å². The summed E-state index contributed by atoms with van der Waals surface area (Å²) in [5.41, 5.74) is 4.39. The Labute approximate surface area is 167 Å². The Hall–Kier alpha value is -3.00. The van der Waals surface area contributed by atoms with Gasteiger partial charge in [-0.25, -0.2) is 0 Å². The summed E-state index contributed by atoms with van der Waals surface area (Å²) in [4.78, 5) is 23.9. The molecule has 0 saturated carbocycles. The molecular formula is C20H21N5O2S. The molecule has 0 aliphatic rings. The number of hydrogen-bond acceptors (Lipinski definition) is 6. The van der Waals surface area contributed by atoms with E-state index in [1.807, 2.05) is 32.0 Å². The van der Waals surface area contributed by atoms with Crippen LogP contribution in [0.25, 0.3) is 5.69 Å². The van der Waals surface area contributed by atoms with E-state index in [9.17, 15) is 9.59 Å². The van der Waals surface area contributed by atoms with Crippen molar-refractivity contribution >= 4 is 29.1 Å². The number of aryl methyl sites for hydroxylation is 1. The molecule has 1 amide bonds. The summed E-state index contributed by atoms with van der Waals surface area (Å²) in [5.74, 6) is 0.119. The second-order valence-electron chi connectivity index (χ2n) is 6.28. The number of aromatic nitrogens is 4. The first-order valence-electron chi connectivity index (χ1n) is 8.90. The number of nitrogens with one attached hydrogen (secondary N) is 1. The summed E-state index contributed by atoms with van der Waals surface area (Å²) in [6.07, 6.45) is 0.409. The SMILES string of the molecule is CCC(=O)Nc1ccc(C(=O)CSc2nnnn2-c2cccc(C)c2C)cc1. The molecule has 0 radical (unpaired) electrons. The number of benzene rings is 2. The molecule has 28 heavy (non-hydrogen) atoms. The topological polar surface area (TPSA) is 89.8 Å². The average molecular weight is 395 g/mol. The maximum Gasteiger partial charge on any atom is 0.224 e. The maximum absolute atomic E-state index is 12.5. The van der Waals surface area contributed by atoms with E-state index in [2.05, 4.69) is 20.8 Å². The highest BCUT2D eigenvalue weighted by atomic mass is 32.2. The summed E-state index contributed by atoms with van der Waals surface area (Å²) in [6, 6.07) is 12.8. The molecule has 144 valence electrons. The molecule has 2 aromatic carbocycles. The number of ketones is 1. The molecule has 0 fully saturated rings. The zero-order valence-electron chi connectivity index (χ0n) is 16.0. The zero-order valence-corrected chi connectivity index (χ0v) is 16.8. The van der Waals surface area contributed by atoms with E-state index in [1.54, 1.807) is 35.9 Å². The molecule has 1 N–H and O–H groups in total. The maximum atomic E-state index is 12.5. The van der Waals surface area contributed by atoms with Crippen LogP contribution in [-0.4, -0.2) is 37.7 Å². The smallest absolute Gasteiger partial charge is 0.224 e. The van der Waals surface area contributed by atoms with E-state index in [4.69, 9.17) is 0 Å². The van der Waals surface area contributed by atoms with Gasteiger partial charge in [-0.15, -0.1) is 5.10 Å². The second-order valence-corrected chi connectivity index (χ2v) is 7.23. The third kappa shape index (κ3) is 4.45. The number of amides is 1. The second kappa shape index (κ2) is 8.79. The standard InChI is InChI=1S/C20H21N5O2S/c1-4-19(27)21-16-10-8-15(9-11-16)18(26)12-28-20-22-23-24-25(20)17-7-5-6-13(2)14(17)3/h5-11H,4,12H2,1-3H3,(H,21,27). The van der Waals surface area contributed by atoms with Gasteiger partial charge in [0.2, 0.25) is 11.1 Å². The lowest BCUT2D eigenvalue weighted by atomic mass is 10.1. The first-order chi connectivity index (χ1) is 13.5. The molecule has 3 rings (SSSR count). The summed E-state index contributed by atoms with van der Waals surface area (Å²) in [7, 11) is 0. The van der Waals surface area contributed by atoms with Crippen molar-refractivity contribution < 1.29 is 9.59 Å². The third-order valence-electron chi connectivity index (χ3n) is 4.39. The molecule has 1 aromatic heterocycles. The lowest BCUT2D eigenvalue weighted by Gasteiger charge is -2.09. The van der Waals surface area contributed by atoms with Crippen LogP contribution in [0.1, 0.15) is 34.8 Å². The number of thioether (sulfide) groups is 1. The minimum absolute atomic E-state index is 0.0334. The van der Waals surface area contributed by atoms with Crippen LogP contribution < -0.4 is 5.32 Å². The Morgan fingerprint density at radius 1 is 1.11 bits per heavy atom. The van der Waals surface area contributed by atoms with Crippen LogP contribution in [0, 0.1) is 13.8 Å². The van der Waals surface area contributed by atoms with E-state index < -0.39 is 0 Å². The van der Waals surface area contributed by atoms with Crippen molar-refractivity contribution in [1.82, 2.24) is 20.2 Å². The van der Waals surface area contributed by atoms with Gasteiger partial charge in [0.05, 0.1) is 11.4 Å². The van der Waals surface area contributed by atoms with Crippen LogP contribution in [-0.2, 0) is 4.79 Å². The number of anilines is 1. The number of Topliss-reactive ketones (excluding diaryl/α,β-unsaturated/α-hetero) is 1. The van der Waals surface area contributed by atoms with Crippen molar-refractivity contribution in [2.24, 2.45) is 0 Å². The number of carbonyl (C=O) groups excluding carboxylic acids is 2. The Kier molecular flexibility index (Phi) is 6.20. The van der Waals surface area contributed by atoms with Gasteiger partial charge in [-0.3, -0.25) is 9.59 Å². The molecule has 0 atom stereocenters. The number of carbonyl (C=O) groups is 2. The van der Waals surface area contributed by atoms with Gasteiger partial charge in [-0.1, -0.05) is 30.8 Å². The van der Waals surface area contributed by atoms with Crippen LogP contribution in [0.2, 0.25) is 0 Å². The van der Waals surface area contributed by atoms with Gasteiger partial charge in [0.25, 0.3) is 0 Å². The van der Waals surface area contributed by atoms with Crippen molar-refractivity contribution in [2.45, 2.75) is 32.3 Å². The van der Waals surface area contributed by atoms with Crippen LogP contribution >= 0.6 is 11.8 Å². The van der Waals surface area contributed by atoms with Gasteiger partial charge in [0.1, 0.15) is 0 Å². The summed E-state index contributed by atoms with van der Waals surface area (Å²) >= 11 is 1.29. The van der Waals surface area contributed by atoms with E-state index in [1.165, 1.54) is 11.8 Å². The Morgan fingerprint density at radius 2 is 1.86 bits per heavy atom. The van der Waals surface area contributed by atoms with Crippen molar-refractivity contribution in [2.75, 3.05) is 11.1 Å². The quantitative estimate of drug-likeness (QED) is 0.486. The van der Waals surface area contributed by atoms with E-state index in [0.717, 1.165) is 16.8 Å². The van der Waals surface area contributed by atoms with Crippen molar-refractivity contribution in [3.8, 4) is 5.69 Å². The van der Waals surface area contributed by atoms with Gasteiger partial charge < -0.3 is 5.32 Å². The first-order valence-corrected chi connectivity index (χ1v) is 9.89. The number of nitrogens with zero attached hydrogens (tertiary/aromatic N) is 4. The highest BCUT2D eigenvalue weighted by molar-refractivity contribution is 7.99. The molecule has 0 bridgehead atoms.